The minimum atomic E-state index is 0.620. The van der Waals surface area contributed by atoms with Crippen molar-refractivity contribution in [1.29, 1.82) is 0 Å². The first-order valence-corrected chi connectivity index (χ1v) is 8.04. The maximum atomic E-state index is 4.57. The van der Waals surface area contributed by atoms with Gasteiger partial charge in [-0.1, -0.05) is 20.8 Å². The maximum absolute atomic E-state index is 4.57. The third-order valence-electron chi connectivity index (χ3n) is 4.25. The van der Waals surface area contributed by atoms with E-state index in [2.05, 4.69) is 67.1 Å². The average Bonchev–Trinajstić information content (AvgIpc) is 2.81. The summed E-state index contributed by atoms with van der Waals surface area (Å²) in [6, 6.07) is 4.97. The summed E-state index contributed by atoms with van der Waals surface area (Å²) in [6.07, 6.45) is 1.94. The second kappa shape index (κ2) is 7.23. The van der Waals surface area contributed by atoms with Gasteiger partial charge >= 0.3 is 0 Å². The minimum absolute atomic E-state index is 0.620. The van der Waals surface area contributed by atoms with Crippen LogP contribution in [0, 0.1) is 11.8 Å². The molecule has 4 heteroatoms. The fraction of sp³-hybridized carbons (Fsp3) is 0.706. The summed E-state index contributed by atoms with van der Waals surface area (Å²) < 4.78 is 0. The van der Waals surface area contributed by atoms with Gasteiger partial charge in [0.1, 0.15) is 5.82 Å². The molecule has 0 bridgehead atoms. The van der Waals surface area contributed by atoms with Gasteiger partial charge in [-0.05, 0) is 50.2 Å². The normalized spacial score (nSPS) is 22.5. The summed E-state index contributed by atoms with van der Waals surface area (Å²) in [7, 11) is 4.34. The van der Waals surface area contributed by atoms with Crippen LogP contribution in [-0.2, 0) is 6.54 Å². The molecule has 4 nitrogen and oxygen atoms in total. The van der Waals surface area contributed by atoms with Crippen LogP contribution in [0.25, 0.3) is 0 Å². The van der Waals surface area contributed by atoms with E-state index in [4.69, 9.17) is 0 Å². The Morgan fingerprint density at radius 2 is 2.14 bits per heavy atom. The Morgan fingerprint density at radius 3 is 2.76 bits per heavy atom. The lowest BCUT2D eigenvalue weighted by atomic mass is 10.1. The quantitative estimate of drug-likeness (QED) is 0.870. The number of likely N-dealkylation sites (N-methyl/N-ethyl adjacent to an activating group) is 1. The highest BCUT2D eigenvalue weighted by Gasteiger charge is 2.31. The molecule has 1 aliphatic rings. The highest BCUT2D eigenvalue weighted by molar-refractivity contribution is 5.42. The second-order valence-corrected chi connectivity index (χ2v) is 6.96. The molecule has 0 aliphatic carbocycles. The lowest BCUT2D eigenvalue weighted by molar-refractivity contribution is 0.266. The largest absolute Gasteiger partial charge is 0.355 e. The molecule has 1 aliphatic heterocycles. The van der Waals surface area contributed by atoms with Crippen LogP contribution in [0.5, 0.6) is 0 Å². The molecule has 1 saturated heterocycles. The molecule has 1 aromatic rings. The number of nitrogens with zero attached hydrogens (tertiary/aromatic N) is 3. The smallest absolute Gasteiger partial charge is 0.128 e. The van der Waals surface area contributed by atoms with Gasteiger partial charge in [-0.2, -0.15) is 0 Å². The predicted octanol–water partition coefficient (Wildman–Crippen LogP) is 2.21. The van der Waals surface area contributed by atoms with Crippen molar-refractivity contribution in [2.75, 3.05) is 38.6 Å². The van der Waals surface area contributed by atoms with Crippen molar-refractivity contribution >= 4 is 5.82 Å². The third kappa shape index (κ3) is 4.42. The van der Waals surface area contributed by atoms with E-state index in [9.17, 15) is 0 Å². The van der Waals surface area contributed by atoms with E-state index in [1.165, 1.54) is 5.56 Å². The van der Waals surface area contributed by atoms with Gasteiger partial charge < -0.3 is 15.1 Å². The molecule has 0 radical (unpaired) electrons. The van der Waals surface area contributed by atoms with Crippen LogP contribution in [0.1, 0.15) is 26.3 Å². The predicted molar refractivity (Wildman–Crippen MR) is 89.6 cm³/mol. The molecule has 21 heavy (non-hydrogen) atoms. The molecule has 1 fully saturated rings. The number of pyridine rings is 1. The van der Waals surface area contributed by atoms with Crippen LogP contribution in [0.15, 0.2) is 18.3 Å². The topological polar surface area (TPSA) is 31.4 Å². The zero-order valence-corrected chi connectivity index (χ0v) is 14.1. The van der Waals surface area contributed by atoms with Crippen molar-refractivity contribution in [3.8, 4) is 0 Å². The van der Waals surface area contributed by atoms with E-state index in [1.807, 2.05) is 6.20 Å². The van der Waals surface area contributed by atoms with Crippen LogP contribution < -0.4 is 10.2 Å². The number of nitrogens with one attached hydrogen (secondary N) is 1. The molecular weight excluding hydrogens is 260 g/mol. The Bertz CT molecular complexity index is 444. The molecule has 2 rings (SSSR count). The number of anilines is 1. The number of aromatic nitrogens is 1. The van der Waals surface area contributed by atoms with Crippen molar-refractivity contribution < 1.29 is 0 Å². The molecule has 1 aromatic heterocycles. The van der Waals surface area contributed by atoms with E-state index in [-0.39, 0.29) is 0 Å². The fourth-order valence-electron chi connectivity index (χ4n) is 3.06. The van der Waals surface area contributed by atoms with Gasteiger partial charge in [-0.15, -0.1) is 0 Å². The lowest BCUT2D eigenvalue weighted by Gasteiger charge is -2.22. The van der Waals surface area contributed by atoms with E-state index in [0.717, 1.165) is 32.0 Å². The Morgan fingerprint density at radius 1 is 1.38 bits per heavy atom. The van der Waals surface area contributed by atoms with Gasteiger partial charge in [0.05, 0.1) is 0 Å². The van der Waals surface area contributed by atoms with Gasteiger partial charge in [0, 0.05) is 31.9 Å². The SMILES string of the molecule is CC(C)CNCc1ccnc(N2CC(C)C(N(C)C)C2)c1. The molecule has 2 unspecified atom stereocenters. The number of rotatable bonds is 6. The first-order valence-electron chi connectivity index (χ1n) is 8.04. The second-order valence-electron chi connectivity index (χ2n) is 6.96. The Labute approximate surface area is 129 Å². The Balaban J connectivity index is 1.98. The molecular formula is C17H30N4. The monoisotopic (exact) mass is 290 g/mol. The van der Waals surface area contributed by atoms with Gasteiger partial charge in [0.2, 0.25) is 0 Å². The molecule has 0 aromatic carbocycles. The Kier molecular flexibility index (Phi) is 5.59. The molecule has 2 atom stereocenters. The molecule has 0 spiro atoms. The van der Waals surface area contributed by atoms with E-state index in [1.54, 1.807) is 0 Å². The van der Waals surface area contributed by atoms with Crippen molar-refractivity contribution in [1.82, 2.24) is 15.2 Å². The molecule has 2 heterocycles. The standard InChI is InChI=1S/C17H30N4/c1-13(2)9-18-10-15-6-7-19-17(8-15)21-11-14(3)16(12-21)20(4)5/h6-8,13-14,16,18H,9-12H2,1-5H3. The van der Waals surface area contributed by atoms with Gasteiger partial charge in [0.15, 0.2) is 0 Å². The summed E-state index contributed by atoms with van der Waals surface area (Å²) in [5.41, 5.74) is 1.32. The van der Waals surface area contributed by atoms with Crippen LogP contribution in [0.3, 0.4) is 0 Å². The van der Waals surface area contributed by atoms with Gasteiger partial charge in [-0.25, -0.2) is 4.98 Å². The molecule has 0 saturated carbocycles. The Hall–Kier alpha value is -1.13. The number of hydrogen-bond donors (Lipinski definition) is 1. The molecule has 1 N–H and O–H groups in total. The van der Waals surface area contributed by atoms with Crippen LogP contribution in [0.2, 0.25) is 0 Å². The van der Waals surface area contributed by atoms with E-state index >= 15 is 0 Å². The average molecular weight is 290 g/mol. The van der Waals surface area contributed by atoms with E-state index < -0.39 is 0 Å². The minimum Gasteiger partial charge on any atom is -0.355 e. The van der Waals surface area contributed by atoms with Crippen molar-refractivity contribution in [2.45, 2.75) is 33.4 Å². The van der Waals surface area contributed by atoms with E-state index in [0.29, 0.717) is 17.9 Å². The van der Waals surface area contributed by atoms with Crippen LogP contribution >= 0.6 is 0 Å². The molecule has 0 amide bonds. The van der Waals surface area contributed by atoms with Crippen molar-refractivity contribution in [3.05, 3.63) is 23.9 Å². The zero-order chi connectivity index (χ0) is 15.4. The highest BCUT2D eigenvalue weighted by Crippen LogP contribution is 2.25. The highest BCUT2D eigenvalue weighted by atomic mass is 15.3. The van der Waals surface area contributed by atoms with Gasteiger partial charge in [0.25, 0.3) is 0 Å². The van der Waals surface area contributed by atoms with Gasteiger partial charge in [-0.3, -0.25) is 0 Å². The first kappa shape index (κ1) is 16.2. The third-order valence-corrected chi connectivity index (χ3v) is 4.25. The summed E-state index contributed by atoms with van der Waals surface area (Å²) in [6.45, 7) is 11.0. The fourth-order valence-corrected chi connectivity index (χ4v) is 3.06. The summed E-state index contributed by atoms with van der Waals surface area (Å²) in [5, 5.41) is 3.50. The zero-order valence-electron chi connectivity index (χ0n) is 14.1. The van der Waals surface area contributed by atoms with Crippen LogP contribution in [-0.4, -0.2) is 49.7 Å². The van der Waals surface area contributed by atoms with Crippen molar-refractivity contribution in [2.24, 2.45) is 11.8 Å². The molecule has 118 valence electrons. The first-order chi connectivity index (χ1) is 9.97. The van der Waals surface area contributed by atoms with Crippen LogP contribution in [0.4, 0.5) is 5.82 Å². The van der Waals surface area contributed by atoms with Crippen molar-refractivity contribution in [3.63, 3.8) is 0 Å². The maximum Gasteiger partial charge on any atom is 0.128 e. The number of hydrogen-bond acceptors (Lipinski definition) is 4. The summed E-state index contributed by atoms with van der Waals surface area (Å²) in [4.78, 5) is 9.32. The summed E-state index contributed by atoms with van der Waals surface area (Å²) in [5.74, 6) is 2.49. The lowest BCUT2D eigenvalue weighted by Crippen LogP contribution is -2.34. The summed E-state index contributed by atoms with van der Waals surface area (Å²) >= 11 is 0.